The number of aromatic nitrogens is 1. The fraction of sp³-hybridized carbons (Fsp3) is 0.200. The Kier molecular flexibility index (Phi) is 5.11. The molecular weight excluding hydrogens is 398 g/mol. The molecule has 0 saturated carbocycles. The number of benzene rings is 2. The van der Waals surface area contributed by atoms with E-state index < -0.39 is 10.8 Å². The first-order valence-electron chi connectivity index (χ1n) is 8.84. The van der Waals surface area contributed by atoms with Crippen molar-refractivity contribution in [2.75, 3.05) is 5.32 Å². The second kappa shape index (κ2) is 7.69. The molecule has 0 fully saturated rings. The third-order valence-corrected chi connectivity index (χ3v) is 5.76. The zero-order valence-corrected chi connectivity index (χ0v) is 16.3. The summed E-state index contributed by atoms with van der Waals surface area (Å²) in [5, 5.41) is 16.3. The predicted molar refractivity (Wildman–Crippen MR) is 110 cm³/mol. The smallest absolute Gasteiger partial charge is 0.283 e. The van der Waals surface area contributed by atoms with Gasteiger partial charge in [0.2, 0.25) is 0 Å². The second-order valence-electron chi connectivity index (χ2n) is 6.60. The number of anilines is 1. The molecule has 8 heteroatoms. The van der Waals surface area contributed by atoms with Gasteiger partial charge in [-0.05, 0) is 55.0 Å². The van der Waals surface area contributed by atoms with Crippen LogP contribution in [0, 0.1) is 10.1 Å². The first-order chi connectivity index (χ1) is 13.5. The second-order valence-corrected chi connectivity index (χ2v) is 7.90. The van der Waals surface area contributed by atoms with Gasteiger partial charge in [-0.25, -0.2) is 4.98 Å². The molecule has 0 atom stereocenters. The van der Waals surface area contributed by atoms with Gasteiger partial charge in [-0.1, -0.05) is 23.7 Å². The van der Waals surface area contributed by atoms with Gasteiger partial charge in [0.25, 0.3) is 11.6 Å². The van der Waals surface area contributed by atoms with E-state index in [1.807, 2.05) is 5.38 Å². The third-order valence-electron chi connectivity index (χ3n) is 4.77. The maximum absolute atomic E-state index is 12.5. The number of carbonyl (C=O) groups is 1. The van der Waals surface area contributed by atoms with Gasteiger partial charge in [0, 0.05) is 22.0 Å². The molecule has 2 aromatic carbocycles. The number of fused-ring (bicyclic) bond motifs is 1. The van der Waals surface area contributed by atoms with Crippen molar-refractivity contribution in [2.24, 2.45) is 0 Å². The van der Waals surface area contributed by atoms with Gasteiger partial charge in [0.1, 0.15) is 5.56 Å². The topological polar surface area (TPSA) is 85.1 Å². The number of rotatable bonds is 4. The average molecular weight is 414 g/mol. The number of hydrogen-bond acceptors (Lipinski definition) is 5. The van der Waals surface area contributed by atoms with Crippen molar-refractivity contribution in [3.8, 4) is 11.3 Å². The molecule has 28 heavy (non-hydrogen) atoms. The Labute approximate surface area is 170 Å². The molecule has 0 aliphatic heterocycles. The lowest BCUT2D eigenvalue weighted by atomic mass is 9.90. The van der Waals surface area contributed by atoms with E-state index in [0.29, 0.717) is 5.13 Å². The van der Waals surface area contributed by atoms with Gasteiger partial charge in [-0.3, -0.25) is 20.2 Å². The molecule has 1 N–H and O–H groups in total. The number of hydrogen-bond donors (Lipinski definition) is 1. The number of thiazole rings is 1. The number of carbonyl (C=O) groups excluding carboxylic acids is 1. The summed E-state index contributed by atoms with van der Waals surface area (Å²) in [5.74, 6) is -0.588. The van der Waals surface area contributed by atoms with Crippen LogP contribution in [0.4, 0.5) is 10.8 Å². The van der Waals surface area contributed by atoms with Crippen LogP contribution in [-0.2, 0) is 12.8 Å². The van der Waals surface area contributed by atoms with Crippen molar-refractivity contribution in [1.29, 1.82) is 0 Å². The molecule has 3 aromatic rings. The summed E-state index contributed by atoms with van der Waals surface area (Å²) in [7, 11) is 0. The van der Waals surface area contributed by atoms with E-state index in [0.717, 1.165) is 30.2 Å². The largest absolute Gasteiger partial charge is 0.298 e. The molecule has 1 aromatic heterocycles. The molecule has 4 rings (SSSR count). The number of nitro groups is 1. The summed E-state index contributed by atoms with van der Waals surface area (Å²) >= 11 is 7.08. The zero-order chi connectivity index (χ0) is 19.7. The van der Waals surface area contributed by atoms with Gasteiger partial charge in [0.15, 0.2) is 5.13 Å². The summed E-state index contributed by atoms with van der Waals surface area (Å²) < 4.78 is 0. The molecule has 0 bridgehead atoms. The monoisotopic (exact) mass is 413 g/mol. The molecule has 142 valence electrons. The number of aryl methyl sites for hydroxylation is 2. The van der Waals surface area contributed by atoms with Gasteiger partial charge >= 0.3 is 0 Å². The molecule has 0 spiro atoms. The lowest BCUT2D eigenvalue weighted by molar-refractivity contribution is -0.385. The first kappa shape index (κ1) is 18.6. The Morgan fingerprint density at radius 3 is 2.71 bits per heavy atom. The molecular formula is C20H16ClN3O3S. The van der Waals surface area contributed by atoms with Crippen molar-refractivity contribution in [3.05, 3.63) is 73.6 Å². The molecule has 1 heterocycles. The highest BCUT2D eigenvalue weighted by molar-refractivity contribution is 7.14. The summed E-state index contributed by atoms with van der Waals surface area (Å²) in [5.41, 5.74) is 4.15. The molecule has 0 unspecified atom stereocenters. The van der Waals surface area contributed by atoms with E-state index in [1.165, 1.54) is 47.4 Å². The van der Waals surface area contributed by atoms with Crippen molar-refractivity contribution in [2.45, 2.75) is 25.7 Å². The Morgan fingerprint density at radius 2 is 1.93 bits per heavy atom. The van der Waals surface area contributed by atoms with Crippen LogP contribution in [-0.4, -0.2) is 15.8 Å². The Balaban J connectivity index is 1.56. The summed E-state index contributed by atoms with van der Waals surface area (Å²) in [6.07, 6.45) is 4.63. The lowest BCUT2D eigenvalue weighted by Crippen LogP contribution is -2.13. The van der Waals surface area contributed by atoms with Crippen LogP contribution in [0.15, 0.2) is 41.8 Å². The van der Waals surface area contributed by atoms with Crippen molar-refractivity contribution < 1.29 is 9.72 Å². The Hall–Kier alpha value is -2.77. The van der Waals surface area contributed by atoms with Crippen LogP contribution in [0.2, 0.25) is 5.02 Å². The van der Waals surface area contributed by atoms with Gasteiger partial charge < -0.3 is 0 Å². The summed E-state index contributed by atoms with van der Waals surface area (Å²) in [4.78, 5) is 27.5. The summed E-state index contributed by atoms with van der Waals surface area (Å²) in [6, 6.07) is 10.3. The molecule has 1 amide bonds. The quantitative estimate of drug-likeness (QED) is 0.451. The van der Waals surface area contributed by atoms with E-state index in [2.05, 4.69) is 28.5 Å². The Morgan fingerprint density at radius 1 is 1.14 bits per heavy atom. The molecule has 1 aliphatic rings. The first-order valence-corrected chi connectivity index (χ1v) is 10.1. The van der Waals surface area contributed by atoms with Crippen LogP contribution < -0.4 is 5.32 Å². The zero-order valence-electron chi connectivity index (χ0n) is 14.8. The third kappa shape index (κ3) is 3.76. The van der Waals surface area contributed by atoms with Crippen LogP contribution in [0.1, 0.15) is 34.3 Å². The van der Waals surface area contributed by atoms with Crippen LogP contribution >= 0.6 is 22.9 Å². The highest BCUT2D eigenvalue weighted by Gasteiger charge is 2.21. The summed E-state index contributed by atoms with van der Waals surface area (Å²) in [6.45, 7) is 0. The van der Waals surface area contributed by atoms with Gasteiger partial charge in [0.05, 0.1) is 10.6 Å². The Bertz CT molecular complexity index is 1080. The number of halogens is 1. The maximum atomic E-state index is 12.5. The highest BCUT2D eigenvalue weighted by atomic mass is 35.5. The van der Waals surface area contributed by atoms with Crippen molar-refractivity contribution >= 4 is 39.7 Å². The van der Waals surface area contributed by atoms with Crippen LogP contribution in [0.3, 0.4) is 0 Å². The SMILES string of the molecule is O=C(Nc1nc(-c2ccc3c(c2)CCCC3)cs1)c1ccc(Cl)cc1[N+](=O)[O-]. The average Bonchev–Trinajstić information content (AvgIpc) is 3.15. The van der Waals surface area contributed by atoms with Crippen LogP contribution in [0.25, 0.3) is 11.3 Å². The number of nitro benzene ring substituents is 1. The molecule has 0 radical (unpaired) electrons. The van der Waals surface area contributed by atoms with E-state index in [4.69, 9.17) is 11.6 Å². The van der Waals surface area contributed by atoms with E-state index in [-0.39, 0.29) is 16.3 Å². The standard InChI is InChI=1S/C20H16ClN3O3S/c21-15-7-8-16(18(10-15)24(26)27)19(25)23-20-22-17(11-28-20)14-6-5-12-3-1-2-4-13(12)9-14/h5-11H,1-4H2,(H,22,23,25). The lowest BCUT2D eigenvalue weighted by Gasteiger charge is -2.16. The van der Waals surface area contributed by atoms with Gasteiger partial charge in [-0.15, -0.1) is 11.3 Å². The number of nitrogens with one attached hydrogen (secondary N) is 1. The number of nitrogens with zero attached hydrogens (tertiary/aromatic N) is 2. The maximum Gasteiger partial charge on any atom is 0.283 e. The fourth-order valence-corrected chi connectivity index (χ4v) is 4.25. The van der Waals surface area contributed by atoms with E-state index >= 15 is 0 Å². The van der Waals surface area contributed by atoms with E-state index in [9.17, 15) is 14.9 Å². The minimum atomic E-state index is -0.624. The van der Waals surface area contributed by atoms with E-state index in [1.54, 1.807) is 0 Å². The van der Waals surface area contributed by atoms with Crippen molar-refractivity contribution in [3.63, 3.8) is 0 Å². The minimum Gasteiger partial charge on any atom is -0.298 e. The minimum absolute atomic E-state index is 0.0556. The predicted octanol–water partition coefficient (Wildman–Crippen LogP) is 5.50. The molecule has 6 nitrogen and oxygen atoms in total. The highest BCUT2D eigenvalue weighted by Crippen LogP contribution is 2.30. The van der Waals surface area contributed by atoms with Crippen LogP contribution in [0.5, 0.6) is 0 Å². The normalized spacial score (nSPS) is 13.0. The molecule has 1 aliphatic carbocycles. The molecule has 0 saturated heterocycles. The van der Waals surface area contributed by atoms with Crippen molar-refractivity contribution in [1.82, 2.24) is 4.98 Å². The number of amides is 1. The fourth-order valence-electron chi connectivity index (χ4n) is 3.37. The van der Waals surface area contributed by atoms with Gasteiger partial charge in [-0.2, -0.15) is 0 Å².